The maximum atomic E-state index is 13.9. The molecule has 10 heteroatoms. The summed E-state index contributed by atoms with van der Waals surface area (Å²) >= 11 is 1.10. The average Bonchev–Trinajstić information content (AvgIpc) is 3.32. The summed E-state index contributed by atoms with van der Waals surface area (Å²) in [6.45, 7) is 1.83. The molecule has 0 radical (unpaired) electrons. The Balaban J connectivity index is 0.00000225. The van der Waals surface area contributed by atoms with Crippen LogP contribution in [0, 0.1) is 11.6 Å². The molecule has 2 N–H and O–H groups in total. The van der Waals surface area contributed by atoms with Crippen LogP contribution in [0.15, 0.2) is 35.8 Å². The topological polar surface area (TPSA) is 71.8 Å². The molecule has 0 bridgehead atoms. The molecule has 1 fully saturated rings. The fourth-order valence-corrected chi connectivity index (χ4v) is 3.77. The fourth-order valence-electron chi connectivity index (χ4n) is 3.07. The molecule has 3 aromatic rings. The lowest BCUT2D eigenvalue weighted by Crippen LogP contribution is -2.32. The quantitative estimate of drug-likeness (QED) is 0.665. The fraction of sp³-hybridized carbons (Fsp3) is 0.278. The Morgan fingerprint density at radius 3 is 2.79 bits per heavy atom. The van der Waals surface area contributed by atoms with E-state index in [-0.39, 0.29) is 40.5 Å². The summed E-state index contributed by atoms with van der Waals surface area (Å²) < 4.78 is 29.5. The number of halogens is 3. The number of nitrogens with one attached hydrogen (secondary N) is 2. The number of nitrogens with zero attached hydrogens (tertiary/aromatic N) is 3. The van der Waals surface area contributed by atoms with Gasteiger partial charge in [-0.1, -0.05) is 6.07 Å². The number of carbonyl (C=O) groups is 1. The third kappa shape index (κ3) is 4.21. The van der Waals surface area contributed by atoms with Gasteiger partial charge >= 0.3 is 0 Å². The molecule has 148 valence electrons. The largest absolute Gasteiger partial charge is 0.315 e. The van der Waals surface area contributed by atoms with Crippen molar-refractivity contribution >= 4 is 34.8 Å². The molecule has 0 spiro atoms. The molecule has 1 amide bonds. The monoisotopic (exact) mass is 425 g/mol. The Labute approximate surface area is 170 Å². The van der Waals surface area contributed by atoms with Crippen molar-refractivity contribution in [3.63, 3.8) is 0 Å². The molecule has 1 aliphatic heterocycles. The summed E-state index contributed by atoms with van der Waals surface area (Å²) in [5.74, 6) is -1.80. The minimum absolute atomic E-state index is 0. The standard InChI is InChI=1S/C18H17F2N5OS.ClH/c19-12-4-1-5-13(20)16(12)15-10-27-18(22-15)23-17(26)14-6-8-25(24-14)11-3-2-7-21-9-11;/h1,4-6,8,10-11,21H,2-3,7,9H2,(H,22,23,26);1H. The van der Waals surface area contributed by atoms with E-state index in [1.165, 1.54) is 23.6 Å². The molecule has 6 nitrogen and oxygen atoms in total. The lowest BCUT2D eigenvalue weighted by Gasteiger charge is -2.22. The number of benzene rings is 1. The number of thiazole rings is 1. The molecule has 28 heavy (non-hydrogen) atoms. The van der Waals surface area contributed by atoms with Gasteiger partial charge in [-0.2, -0.15) is 5.10 Å². The van der Waals surface area contributed by atoms with Gasteiger partial charge in [0.25, 0.3) is 5.91 Å². The van der Waals surface area contributed by atoms with Gasteiger partial charge in [0, 0.05) is 18.1 Å². The number of hydrogen-bond acceptors (Lipinski definition) is 5. The van der Waals surface area contributed by atoms with E-state index in [4.69, 9.17) is 0 Å². The molecular weight excluding hydrogens is 408 g/mol. The Kier molecular flexibility index (Phi) is 6.38. The molecular formula is C18H18ClF2N5OS. The number of piperidine rings is 1. The van der Waals surface area contributed by atoms with Gasteiger partial charge in [-0.25, -0.2) is 13.8 Å². The first-order valence-electron chi connectivity index (χ1n) is 8.59. The lowest BCUT2D eigenvalue weighted by molar-refractivity contribution is 0.102. The number of anilines is 1. The van der Waals surface area contributed by atoms with Crippen molar-refractivity contribution in [2.45, 2.75) is 18.9 Å². The maximum absolute atomic E-state index is 13.9. The minimum Gasteiger partial charge on any atom is -0.315 e. The zero-order chi connectivity index (χ0) is 18.8. The molecule has 1 aromatic carbocycles. The van der Waals surface area contributed by atoms with Crippen molar-refractivity contribution in [2.75, 3.05) is 18.4 Å². The second kappa shape index (κ2) is 8.76. The predicted molar refractivity (Wildman–Crippen MR) is 106 cm³/mol. The highest BCUT2D eigenvalue weighted by Crippen LogP contribution is 2.29. The molecule has 0 saturated carbocycles. The number of hydrogen-bond donors (Lipinski definition) is 2. The van der Waals surface area contributed by atoms with Crippen molar-refractivity contribution in [2.24, 2.45) is 0 Å². The minimum atomic E-state index is -0.696. The molecule has 1 aliphatic rings. The summed E-state index contributed by atoms with van der Waals surface area (Å²) in [6.07, 6.45) is 3.87. The van der Waals surface area contributed by atoms with Crippen LogP contribution in [0.3, 0.4) is 0 Å². The Hall–Kier alpha value is -2.36. The van der Waals surface area contributed by atoms with Gasteiger partial charge in [0.2, 0.25) is 0 Å². The van der Waals surface area contributed by atoms with Gasteiger partial charge in [-0.3, -0.25) is 14.8 Å². The molecule has 3 heterocycles. The van der Waals surface area contributed by atoms with Gasteiger partial charge in [-0.15, -0.1) is 23.7 Å². The maximum Gasteiger partial charge on any atom is 0.277 e. The van der Waals surface area contributed by atoms with E-state index < -0.39 is 17.5 Å². The molecule has 1 saturated heterocycles. The molecule has 2 aromatic heterocycles. The number of carbonyl (C=O) groups excluding carboxylic acids is 1. The van der Waals surface area contributed by atoms with Crippen molar-refractivity contribution in [1.29, 1.82) is 0 Å². The molecule has 4 rings (SSSR count). The molecule has 1 unspecified atom stereocenters. The highest BCUT2D eigenvalue weighted by atomic mass is 35.5. The van der Waals surface area contributed by atoms with Gasteiger partial charge in [0.05, 0.1) is 17.3 Å². The summed E-state index contributed by atoms with van der Waals surface area (Å²) in [5.41, 5.74) is 0.211. The number of amides is 1. The normalized spacial score (nSPS) is 16.4. The molecule has 1 atom stereocenters. The van der Waals surface area contributed by atoms with Crippen LogP contribution in [0.1, 0.15) is 29.4 Å². The third-order valence-electron chi connectivity index (χ3n) is 4.43. The Morgan fingerprint density at radius 1 is 1.29 bits per heavy atom. The van der Waals surface area contributed by atoms with E-state index in [2.05, 4.69) is 20.7 Å². The van der Waals surface area contributed by atoms with E-state index in [1.807, 2.05) is 0 Å². The van der Waals surface area contributed by atoms with Crippen LogP contribution in [-0.4, -0.2) is 33.8 Å². The van der Waals surface area contributed by atoms with Gasteiger partial charge < -0.3 is 5.32 Å². The number of rotatable bonds is 4. The average molecular weight is 426 g/mol. The summed E-state index contributed by atoms with van der Waals surface area (Å²) in [5, 5.41) is 12.0. The van der Waals surface area contributed by atoms with Crippen LogP contribution in [0.25, 0.3) is 11.3 Å². The highest BCUT2D eigenvalue weighted by Gasteiger charge is 2.19. The van der Waals surface area contributed by atoms with Crippen molar-refractivity contribution < 1.29 is 13.6 Å². The van der Waals surface area contributed by atoms with E-state index in [0.29, 0.717) is 0 Å². The lowest BCUT2D eigenvalue weighted by atomic mass is 10.1. The first-order valence-corrected chi connectivity index (χ1v) is 9.47. The van der Waals surface area contributed by atoms with Crippen molar-refractivity contribution in [3.05, 3.63) is 53.2 Å². The van der Waals surface area contributed by atoms with Gasteiger partial charge in [0.1, 0.15) is 11.6 Å². The SMILES string of the molecule is Cl.O=C(Nc1nc(-c2c(F)cccc2F)cs1)c1ccn(C2CCCNC2)n1. The van der Waals surface area contributed by atoms with Crippen LogP contribution in [0.4, 0.5) is 13.9 Å². The van der Waals surface area contributed by atoms with E-state index in [9.17, 15) is 13.6 Å². The van der Waals surface area contributed by atoms with Crippen LogP contribution in [0.2, 0.25) is 0 Å². The van der Waals surface area contributed by atoms with Crippen molar-refractivity contribution in [3.8, 4) is 11.3 Å². The predicted octanol–water partition coefficient (Wildman–Crippen LogP) is 3.88. The molecule has 0 aliphatic carbocycles. The van der Waals surface area contributed by atoms with Crippen molar-refractivity contribution in [1.82, 2.24) is 20.1 Å². The van der Waals surface area contributed by atoms with E-state index in [1.54, 1.807) is 16.9 Å². The summed E-state index contributed by atoms with van der Waals surface area (Å²) in [6, 6.07) is 5.51. The number of aromatic nitrogens is 3. The van der Waals surface area contributed by atoms with E-state index >= 15 is 0 Å². The third-order valence-corrected chi connectivity index (χ3v) is 5.19. The zero-order valence-electron chi connectivity index (χ0n) is 14.7. The smallest absolute Gasteiger partial charge is 0.277 e. The summed E-state index contributed by atoms with van der Waals surface area (Å²) in [7, 11) is 0. The van der Waals surface area contributed by atoms with E-state index in [0.717, 1.165) is 37.3 Å². The second-order valence-electron chi connectivity index (χ2n) is 6.27. The Morgan fingerprint density at radius 2 is 2.07 bits per heavy atom. The first-order chi connectivity index (χ1) is 13.1. The van der Waals surface area contributed by atoms with Crippen LogP contribution in [0.5, 0.6) is 0 Å². The second-order valence-corrected chi connectivity index (χ2v) is 7.13. The van der Waals surface area contributed by atoms with Crippen LogP contribution in [-0.2, 0) is 0 Å². The summed E-state index contributed by atoms with van der Waals surface area (Å²) in [4.78, 5) is 16.5. The first kappa shape index (κ1) is 20.4. The van der Waals surface area contributed by atoms with Gasteiger partial charge in [0.15, 0.2) is 10.8 Å². The van der Waals surface area contributed by atoms with Crippen LogP contribution < -0.4 is 10.6 Å². The highest BCUT2D eigenvalue weighted by molar-refractivity contribution is 7.14. The Bertz CT molecular complexity index is 950. The van der Waals surface area contributed by atoms with Gasteiger partial charge in [-0.05, 0) is 37.6 Å². The van der Waals surface area contributed by atoms with Crippen LogP contribution >= 0.6 is 23.7 Å². The zero-order valence-corrected chi connectivity index (χ0v) is 16.3.